The molecule has 19 heavy (non-hydrogen) atoms. The summed E-state index contributed by atoms with van der Waals surface area (Å²) in [4.78, 5) is 25.0. The first kappa shape index (κ1) is 15.9. The standard InChI is InChI=1S/C12H24N4O3/c1-2-3-4-14-12(18)15-11(17)9-16-5-6-19-10(7-13)8-16/h10H,2-9,13H2,1H3,(H2,14,15,17,18). The Kier molecular flexibility index (Phi) is 7.39. The van der Waals surface area contributed by atoms with E-state index >= 15 is 0 Å². The lowest BCUT2D eigenvalue weighted by Crippen LogP contribution is -2.50. The van der Waals surface area contributed by atoms with E-state index in [9.17, 15) is 9.59 Å². The van der Waals surface area contributed by atoms with E-state index in [4.69, 9.17) is 10.5 Å². The maximum atomic E-state index is 11.7. The van der Waals surface area contributed by atoms with Crippen LogP contribution in [0.1, 0.15) is 19.8 Å². The van der Waals surface area contributed by atoms with Crippen LogP contribution in [0.25, 0.3) is 0 Å². The Morgan fingerprint density at radius 3 is 2.95 bits per heavy atom. The van der Waals surface area contributed by atoms with Gasteiger partial charge in [-0.15, -0.1) is 0 Å². The molecule has 1 aliphatic rings. The molecule has 1 aliphatic heterocycles. The predicted octanol–water partition coefficient (Wildman–Crippen LogP) is -0.728. The molecule has 7 heteroatoms. The maximum Gasteiger partial charge on any atom is 0.321 e. The van der Waals surface area contributed by atoms with Gasteiger partial charge in [0, 0.05) is 26.2 Å². The first-order valence-electron chi connectivity index (χ1n) is 6.77. The van der Waals surface area contributed by atoms with Crippen molar-refractivity contribution in [3.8, 4) is 0 Å². The van der Waals surface area contributed by atoms with Crippen molar-refractivity contribution in [3.63, 3.8) is 0 Å². The van der Waals surface area contributed by atoms with E-state index in [1.165, 1.54) is 0 Å². The van der Waals surface area contributed by atoms with Gasteiger partial charge in [-0.05, 0) is 6.42 Å². The predicted molar refractivity (Wildman–Crippen MR) is 71.7 cm³/mol. The number of urea groups is 1. The summed E-state index contributed by atoms with van der Waals surface area (Å²) in [7, 11) is 0. The van der Waals surface area contributed by atoms with Crippen LogP contribution in [0.4, 0.5) is 4.79 Å². The average Bonchev–Trinajstić information content (AvgIpc) is 2.39. The third-order valence-corrected chi connectivity index (χ3v) is 2.92. The van der Waals surface area contributed by atoms with E-state index in [0.717, 1.165) is 12.8 Å². The second kappa shape index (κ2) is 8.84. The molecule has 0 spiro atoms. The number of nitrogens with two attached hydrogens (primary N) is 1. The summed E-state index contributed by atoms with van der Waals surface area (Å²) in [6.45, 7) is 5.14. The van der Waals surface area contributed by atoms with Gasteiger partial charge in [-0.1, -0.05) is 13.3 Å². The zero-order valence-electron chi connectivity index (χ0n) is 11.5. The third-order valence-electron chi connectivity index (χ3n) is 2.92. The average molecular weight is 272 g/mol. The molecule has 1 atom stereocenters. The molecule has 1 heterocycles. The molecular weight excluding hydrogens is 248 g/mol. The normalized spacial score (nSPS) is 20.0. The molecule has 0 aromatic heterocycles. The fourth-order valence-electron chi connectivity index (χ4n) is 1.86. The molecule has 7 nitrogen and oxygen atoms in total. The number of nitrogens with zero attached hydrogens (tertiary/aromatic N) is 1. The highest BCUT2D eigenvalue weighted by molar-refractivity contribution is 5.95. The van der Waals surface area contributed by atoms with E-state index in [-0.39, 0.29) is 18.6 Å². The number of rotatable bonds is 6. The minimum absolute atomic E-state index is 0.0278. The van der Waals surface area contributed by atoms with Crippen molar-refractivity contribution in [1.29, 1.82) is 0 Å². The van der Waals surface area contributed by atoms with Gasteiger partial charge >= 0.3 is 6.03 Å². The van der Waals surface area contributed by atoms with E-state index in [1.807, 2.05) is 11.8 Å². The Hall–Kier alpha value is -1.18. The molecule has 0 aliphatic carbocycles. The van der Waals surface area contributed by atoms with Crippen molar-refractivity contribution in [2.24, 2.45) is 5.73 Å². The van der Waals surface area contributed by atoms with Crippen molar-refractivity contribution in [3.05, 3.63) is 0 Å². The van der Waals surface area contributed by atoms with Gasteiger partial charge < -0.3 is 15.8 Å². The van der Waals surface area contributed by atoms with Crippen LogP contribution in [0, 0.1) is 0 Å². The number of hydrogen-bond donors (Lipinski definition) is 3. The summed E-state index contributed by atoms with van der Waals surface area (Å²) in [5, 5.41) is 4.95. The summed E-state index contributed by atoms with van der Waals surface area (Å²) >= 11 is 0. The van der Waals surface area contributed by atoms with E-state index < -0.39 is 6.03 Å². The highest BCUT2D eigenvalue weighted by atomic mass is 16.5. The number of amides is 3. The fourth-order valence-corrected chi connectivity index (χ4v) is 1.86. The highest BCUT2D eigenvalue weighted by Crippen LogP contribution is 2.03. The van der Waals surface area contributed by atoms with Crippen LogP contribution < -0.4 is 16.4 Å². The molecular formula is C12H24N4O3. The van der Waals surface area contributed by atoms with Gasteiger partial charge in [0.25, 0.3) is 0 Å². The number of unbranched alkanes of at least 4 members (excludes halogenated alkanes) is 1. The van der Waals surface area contributed by atoms with Gasteiger partial charge in [-0.2, -0.15) is 0 Å². The Morgan fingerprint density at radius 1 is 1.47 bits per heavy atom. The van der Waals surface area contributed by atoms with Crippen LogP contribution in [0.15, 0.2) is 0 Å². The maximum absolute atomic E-state index is 11.7. The third kappa shape index (κ3) is 6.51. The number of nitrogens with one attached hydrogen (secondary N) is 2. The van der Waals surface area contributed by atoms with Crippen LogP contribution in [-0.2, 0) is 9.53 Å². The molecule has 0 bridgehead atoms. The Bertz CT molecular complexity index is 299. The zero-order chi connectivity index (χ0) is 14.1. The summed E-state index contributed by atoms with van der Waals surface area (Å²) in [5.41, 5.74) is 5.53. The van der Waals surface area contributed by atoms with E-state index in [0.29, 0.717) is 32.8 Å². The lowest BCUT2D eigenvalue weighted by molar-refractivity contribution is -0.123. The number of ether oxygens (including phenoxy) is 1. The smallest absolute Gasteiger partial charge is 0.321 e. The van der Waals surface area contributed by atoms with Crippen molar-refractivity contribution in [2.75, 3.05) is 39.3 Å². The van der Waals surface area contributed by atoms with Crippen molar-refractivity contribution >= 4 is 11.9 Å². The monoisotopic (exact) mass is 272 g/mol. The Labute approximate surface area is 113 Å². The zero-order valence-corrected chi connectivity index (χ0v) is 11.5. The largest absolute Gasteiger partial charge is 0.374 e. The van der Waals surface area contributed by atoms with Gasteiger partial charge in [0.1, 0.15) is 0 Å². The van der Waals surface area contributed by atoms with Gasteiger partial charge in [-0.3, -0.25) is 15.0 Å². The Morgan fingerprint density at radius 2 is 2.26 bits per heavy atom. The summed E-state index contributed by atoms with van der Waals surface area (Å²) in [6.07, 6.45) is 1.88. The number of hydrogen-bond acceptors (Lipinski definition) is 5. The first-order valence-corrected chi connectivity index (χ1v) is 6.77. The second-order valence-corrected chi connectivity index (χ2v) is 4.62. The van der Waals surface area contributed by atoms with Crippen molar-refractivity contribution in [2.45, 2.75) is 25.9 Å². The molecule has 0 saturated carbocycles. The van der Waals surface area contributed by atoms with Gasteiger partial charge in [0.15, 0.2) is 0 Å². The summed E-state index contributed by atoms with van der Waals surface area (Å²) in [5.74, 6) is -0.299. The number of morpholine rings is 1. The van der Waals surface area contributed by atoms with Crippen LogP contribution in [0.5, 0.6) is 0 Å². The molecule has 1 saturated heterocycles. The molecule has 1 unspecified atom stereocenters. The minimum Gasteiger partial charge on any atom is -0.374 e. The lowest BCUT2D eigenvalue weighted by atomic mass is 10.2. The molecule has 0 aromatic carbocycles. The highest BCUT2D eigenvalue weighted by Gasteiger charge is 2.21. The number of carbonyl (C=O) groups is 2. The molecule has 110 valence electrons. The molecule has 3 amide bonds. The summed E-state index contributed by atoms with van der Waals surface area (Å²) in [6, 6.07) is -0.429. The Balaban J connectivity index is 2.21. The topological polar surface area (TPSA) is 96.7 Å². The van der Waals surface area contributed by atoms with E-state index in [2.05, 4.69) is 10.6 Å². The SMILES string of the molecule is CCCCNC(=O)NC(=O)CN1CCOC(CN)C1. The minimum atomic E-state index is -0.429. The second-order valence-electron chi connectivity index (χ2n) is 4.62. The molecule has 0 aromatic rings. The fraction of sp³-hybridized carbons (Fsp3) is 0.833. The lowest BCUT2D eigenvalue weighted by Gasteiger charge is -2.31. The first-order chi connectivity index (χ1) is 9.15. The van der Waals surface area contributed by atoms with Crippen LogP contribution in [0.2, 0.25) is 0 Å². The molecule has 4 N–H and O–H groups in total. The van der Waals surface area contributed by atoms with Crippen LogP contribution in [-0.4, -0.2) is 62.3 Å². The van der Waals surface area contributed by atoms with E-state index in [1.54, 1.807) is 0 Å². The number of imide groups is 1. The molecule has 1 fully saturated rings. The molecule has 1 rings (SSSR count). The van der Waals surface area contributed by atoms with Crippen LogP contribution in [0.3, 0.4) is 0 Å². The number of carbonyl (C=O) groups excluding carboxylic acids is 2. The van der Waals surface area contributed by atoms with Gasteiger partial charge in [0.2, 0.25) is 5.91 Å². The quantitative estimate of drug-likeness (QED) is 0.554. The van der Waals surface area contributed by atoms with Crippen molar-refractivity contribution < 1.29 is 14.3 Å². The molecule has 0 radical (unpaired) electrons. The summed E-state index contributed by atoms with van der Waals surface area (Å²) < 4.78 is 5.41. The van der Waals surface area contributed by atoms with Gasteiger partial charge in [-0.25, -0.2) is 4.79 Å². The van der Waals surface area contributed by atoms with Crippen molar-refractivity contribution in [1.82, 2.24) is 15.5 Å². The van der Waals surface area contributed by atoms with Crippen LogP contribution >= 0.6 is 0 Å². The van der Waals surface area contributed by atoms with Gasteiger partial charge in [0.05, 0.1) is 19.3 Å².